The number of rotatable bonds is 6. The molecule has 108 valence electrons. The smallest absolute Gasteiger partial charge is 0.299 e. The molecule has 0 saturated carbocycles. The van der Waals surface area contributed by atoms with Crippen LogP contribution >= 0.6 is 0 Å². The molecule has 0 bridgehead atoms. The summed E-state index contributed by atoms with van der Waals surface area (Å²) in [7, 11) is 0. The van der Waals surface area contributed by atoms with Gasteiger partial charge in [-0.3, -0.25) is 9.68 Å². The minimum absolute atomic E-state index is 0.0369. The molecule has 0 amide bonds. The number of hydrogen-bond donors (Lipinski definition) is 0. The summed E-state index contributed by atoms with van der Waals surface area (Å²) in [5.74, 6) is 0.162. The molecule has 0 aliphatic carbocycles. The SMILES string of the molecule is O=[N+]([O-])Oc1cccc(Oc2ccccc2O[N+](=O)[O-])c1. The Morgan fingerprint density at radius 3 is 2.05 bits per heavy atom. The van der Waals surface area contributed by atoms with E-state index in [0.29, 0.717) is 0 Å². The second kappa shape index (κ2) is 6.19. The molecular formula is C12H8N2O7. The van der Waals surface area contributed by atoms with Gasteiger partial charge in [0.15, 0.2) is 11.5 Å². The maximum absolute atomic E-state index is 10.4. The van der Waals surface area contributed by atoms with Gasteiger partial charge in [0.25, 0.3) is 10.2 Å². The topological polar surface area (TPSA) is 114 Å². The van der Waals surface area contributed by atoms with E-state index in [0.717, 1.165) is 0 Å². The Hall–Kier alpha value is -3.36. The number of ether oxygens (including phenoxy) is 1. The molecule has 21 heavy (non-hydrogen) atoms. The quantitative estimate of drug-likeness (QED) is 0.593. The van der Waals surface area contributed by atoms with Crippen molar-refractivity contribution in [2.24, 2.45) is 0 Å². The summed E-state index contributed by atoms with van der Waals surface area (Å²) in [6, 6.07) is 11.6. The molecule has 0 heterocycles. The molecule has 0 N–H and O–H groups in total. The summed E-state index contributed by atoms with van der Waals surface area (Å²) in [5, 5.41) is 18.7. The molecule has 0 aliphatic rings. The predicted molar refractivity (Wildman–Crippen MR) is 68.2 cm³/mol. The highest BCUT2D eigenvalue weighted by Gasteiger charge is 2.09. The van der Waals surface area contributed by atoms with E-state index in [4.69, 9.17) is 4.74 Å². The van der Waals surface area contributed by atoms with E-state index in [1.807, 2.05) is 0 Å². The maximum Gasteiger partial charge on any atom is 0.299 e. The normalized spacial score (nSPS) is 9.71. The van der Waals surface area contributed by atoms with Crippen LogP contribution in [0.2, 0.25) is 0 Å². The van der Waals surface area contributed by atoms with Gasteiger partial charge in [0, 0.05) is 6.07 Å². The van der Waals surface area contributed by atoms with E-state index in [-0.39, 0.29) is 23.0 Å². The highest BCUT2D eigenvalue weighted by Crippen LogP contribution is 2.32. The summed E-state index contributed by atoms with van der Waals surface area (Å²) >= 11 is 0. The van der Waals surface area contributed by atoms with E-state index >= 15 is 0 Å². The highest BCUT2D eigenvalue weighted by atomic mass is 17.0. The third kappa shape index (κ3) is 4.06. The van der Waals surface area contributed by atoms with Crippen LogP contribution in [0.5, 0.6) is 23.0 Å². The van der Waals surface area contributed by atoms with Gasteiger partial charge in [0.05, 0.1) is 0 Å². The van der Waals surface area contributed by atoms with Gasteiger partial charge in [-0.2, -0.15) is 0 Å². The third-order valence-corrected chi connectivity index (χ3v) is 2.24. The average Bonchev–Trinajstić information content (AvgIpc) is 2.40. The Morgan fingerprint density at radius 2 is 1.38 bits per heavy atom. The van der Waals surface area contributed by atoms with Crippen molar-refractivity contribution in [2.45, 2.75) is 0 Å². The maximum atomic E-state index is 10.4. The lowest BCUT2D eigenvalue weighted by Crippen LogP contribution is -2.05. The molecular weight excluding hydrogens is 284 g/mol. The first-order valence-electron chi connectivity index (χ1n) is 5.56. The average molecular weight is 292 g/mol. The van der Waals surface area contributed by atoms with Gasteiger partial charge < -0.3 is 4.74 Å². The fourth-order valence-corrected chi connectivity index (χ4v) is 1.50. The standard InChI is InChI=1S/C12H8N2O7/c15-13(16)20-10-5-3-4-9(8-10)19-11-6-1-2-7-12(11)21-14(17)18/h1-8H. The lowest BCUT2D eigenvalue weighted by atomic mass is 10.3. The van der Waals surface area contributed by atoms with Gasteiger partial charge >= 0.3 is 0 Å². The van der Waals surface area contributed by atoms with Gasteiger partial charge in [-0.1, -0.05) is 18.2 Å². The van der Waals surface area contributed by atoms with Gasteiger partial charge in [-0.25, -0.2) is 0 Å². The summed E-state index contributed by atoms with van der Waals surface area (Å²) in [5.41, 5.74) is 0. The zero-order chi connectivity index (χ0) is 15.2. The van der Waals surface area contributed by atoms with E-state index in [2.05, 4.69) is 9.68 Å². The van der Waals surface area contributed by atoms with Crippen LogP contribution in [0.25, 0.3) is 0 Å². The second-order valence-electron chi connectivity index (χ2n) is 3.65. The molecule has 0 spiro atoms. The Morgan fingerprint density at radius 1 is 0.762 bits per heavy atom. The highest BCUT2D eigenvalue weighted by molar-refractivity contribution is 5.43. The van der Waals surface area contributed by atoms with Crippen molar-refractivity contribution in [3.63, 3.8) is 0 Å². The fraction of sp³-hybridized carbons (Fsp3) is 0. The number of hydrogen-bond acceptors (Lipinski definition) is 7. The van der Waals surface area contributed by atoms with Crippen LogP contribution in [0.3, 0.4) is 0 Å². The van der Waals surface area contributed by atoms with E-state index in [9.17, 15) is 20.2 Å². The summed E-state index contributed by atoms with van der Waals surface area (Å²) in [6.45, 7) is 0. The zero-order valence-corrected chi connectivity index (χ0v) is 10.4. The minimum atomic E-state index is -0.964. The van der Waals surface area contributed by atoms with Gasteiger partial charge in [-0.15, -0.1) is 20.2 Å². The molecule has 0 radical (unpaired) electrons. The Kier molecular flexibility index (Phi) is 4.14. The summed E-state index contributed by atoms with van der Waals surface area (Å²) < 4.78 is 5.40. The van der Waals surface area contributed by atoms with Crippen molar-refractivity contribution in [1.29, 1.82) is 0 Å². The van der Waals surface area contributed by atoms with Crippen LogP contribution in [-0.2, 0) is 0 Å². The van der Waals surface area contributed by atoms with Gasteiger partial charge in [0.2, 0.25) is 0 Å². The molecule has 0 aromatic heterocycles. The van der Waals surface area contributed by atoms with Crippen LogP contribution in [0.1, 0.15) is 0 Å². The second-order valence-corrected chi connectivity index (χ2v) is 3.65. The molecule has 2 aromatic carbocycles. The van der Waals surface area contributed by atoms with Crippen molar-refractivity contribution in [2.75, 3.05) is 0 Å². The van der Waals surface area contributed by atoms with Crippen LogP contribution in [0.15, 0.2) is 48.5 Å². The molecule has 0 unspecified atom stereocenters. The first kappa shape index (κ1) is 14.1. The Labute approximate surface area is 117 Å². The third-order valence-electron chi connectivity index (χ3n) is 2.24. The van der Waals surface area contributed by atoms with Crippen LogP contribution in [0, 0.1) is 20.2 Å². The van der Waals surface area contributed by atoms with E-state index in [1.54, 1.807) is 6.07 Å². The predicted octanol–water partition coefficient (Wildman–Crippen LogP) is 2.62. The number of nitrogens with zero attached hydrogens (tertiary/aromatic N) is 2. The van der Waals surface area contributed by atoms with E-state index in [1.165, 1.54) is 42.5 Å². The Bertz CT molecular complexity index is 674. The van der Waals surface area contributed by atoms with Gasteiger partial charge in [-0.05, 0) is 24.3 Å². The molecule has 9 heteroatoms. The van der Waals surface area contributed by atoms with Crippen molar-refractivity contribution in [1.82, 2.24) is 0 Å². The van der Waals surface area contributed by atoms with E-state index < -0.39 is 10.2 Å². The first-order chi connectivity index (χ1) is 10.0. The molecule has 9 nitrogen and oxygen atoms in total. The molecule has 0 atom stereocenters. The number of benzene rings is 2. The zero-order valence-electron chi connectivity index (χ0n) is 10.4. The Balaban J connectivity index is 2.22. The molecule has 0 saturated heterocycles. The number of para-hydroxylation sites is 2. The van der Waals surface area contributed by atoms with Crippen molar-refractivity contribution in [3.8, 4) is 23.0 Å². The van der Waals surface area contributed by atoms with Crippen molar-refractivity contribution >= 4 is 0 Å². The van der Waals surface area contributed by atoms with Crippen molar-refractivity contribution in [3.05, 3.63) is 68.8 Å². The largest absolute Gasteiger partial charge is 0.455 e. The molecule has 2 aromatic rings. The molecule has 2 rings (SSSR count). The monoisotopic (exact) mass is 292 g/mol. The van der Waals surface area contributed by atoms with Crippen LogP contribution < -0.4 is 14.4 Å². The first-order valence-corrected chi connectivity index (χ1v) is 5.56. The molecule has 0 fully saturated rings. The van der Waals surface area contributed by atoms with Crippen LogP contribution in [0.4, 0.5) is 0 Å². The van der Waals surface area contributed by atoms with Crippen molar-refractivity contribution < 1.29 is 24.6 Å². The van der Waals surface area contributed by atoms with Crippen LogP contribution in [-0.4, -0.2) is 10.2 Å². The van der Waals surface area contributed by atoms with Gasteiger partial charge in [0.1, 0.15) is 11.5 Å². The lowest BCUT2D eigenvalue weighted by molar-refractivity contribution is -0.711. The lowest BCUT2D eigenvalue weighted by Gasteiger charge is -2.09. The molecule has 0 aliphatic heterocycles. The minimum Gasteiger partial charge on any atom is -0.455 e. The summed E-state index contributed by atoms with van der Waals surface area (Å²) in [6.07, 6.45) is 0. The fourth-order valence-electron chi connectivity index (χ4n) is 1.50. The summed E-state index contributed by atoms with van der Waals surface area (Å²) in [4.78, 5) is 29.3.